The van der Waals surface area contributed by atoms with E-state index in [4.69, 9.17) is 10.5 Å². The molecule has 1 aliphatic rings. The lowest BCUT2D eigenvalue weighted by molar-refractivity contribution is -0.118. The molecular formula is C20H18FN7O3. The highest BCUT2D eigenvalue weighted by Gasteiger charge is 2.16. The number of aromatic nitrogens is 5. The third kappa shape index (κ3) is 4.41. The van der Waals surface area contributed by atoms with Crippen LogP contribution in [0.2, 0.25) is 0 Å². The van der Waals surface area contributed by atoms with Crippen molar-refractivity contribution in [3.05, 3.63) is 70.4 Å². The Labute approximate surface area is 175 Å². The fourth-order valence-corrected chi connectivity index (χ4v) is 2.87. The second-order valence-electron chi connectivity index (χ2n) is 6.62. The smallest absolute Gasteiger partial charge is 0.351 e. The molecule has 3 N–H and O–H groups in total. The van der Waals surface area contributed by atoms with Crippen molar-refractivity contribution in [1.82, 2.24) is 24.3 Å². The van der Waals surface area contributed by atoms with Crippen LogP contribution in [0.4, 0.5) is 10.1 Å². The molecule has 0 radical (unpaired) electrons. The number of halogens is 1. The summed E-state index contributed by atoms with van der Waals surface area (Å²) in [5.41, 5.74) is 7.03. The fraction of sp³-hybridized carbons (Fsp3) is 0.150. The van der Waals surface area contributed by atoms with Gasteiger partial charge in [-0.05, 0) is 35.4 Å². The van der Waals surface area contributed by atoms with Crippen molar-refractivity contribution in [3.63, 3.8) is 0 Å². The van der Waals surface area contributed by atoms with Crippen LogP contribution >= 0.6 is 0 Å². The third-order valence-electron chi connectivity index (χ3n) is 4.44. The zero-order valence-electron chi connectivity index (χ0n) is 16.2. The van der Waals surface area contributed by atoms with Crippen LogP contribution in [0.25, 0.3) is 18.0 Å². The van der Waals surface area contributed by atoms with Crippen LogP contribution in [0.3, 0.4) is 0 Å². The van der Waals surface area contributed by atoms with Gasteiger partial charge in [0.05, 0.1) is 18.6 Å². The summed E-state index contributed by atoms with van der Waals surface area (Å²) in [5, 5.41) is 6.69. The normalized spacial score (nSPS) is 13.7. The van der Waals surface area contributed by atoms with Gasteiger partial charge in [0.25, 0.3) is 5.91 Å². The molecule has 0 aromatic carbocycles. The third-order valence-corrected chi connectivity index (χ3v) is 4.44. The number of hydrogen-bond acceptors (Lipinski definition) is 7. The molecule has 0 saturated carbocycles. The fourth-order valence-electron chi connectivity index (χ4n) is 2.87. The Morgan fingerprint density at radius 3 is 3.00 bits per heavy atom. The van der Waals surface area contributed by atoms with E-state index in [1.165, 1.54) is 10.9 Å². The van der Waals surface area contributed by atoms with Gasteiger partial charge in [0.1, 0.15) is 17.8 Å². The highest BCUT2D eigenvalue weighted by molar-refractivity contribution is 5.95. The number of pyridine rings is 2. The topological polar surface area (TPSA) is 130 Å². The van der Waals surface area contributed by atoms with E-state index < -0.39 is 5.69 Å². The lowest BCUT2D eigenvalue weighted by Crippen LogP contribution is -2.26. The average molecular weight is 423 g/mol. The molecule has 0 aliphatic carbocycles. The molecular weight excluding hydrogens is 405 g/mol. The monoisotopic (exact) mass is 423 g/mol. The molecule has 0 spiro atoms. The molecule has 0 saturated heterocycles. The summed E-state index contributed by atoms with van der Waals surface area (Å²) in [6.45, 7) is -0.106. The first-order valence-electron chi connectivity index (χ1n) is 9.28. The number of nitrogens with zero attached hydrogens (tertiary/aromatic N) is 5. The number of rotatable bonds is 6. The van der Waals surface area contributed by atoms with Crippen LogP contribution in [0.5, 0.6) is 5.88 Å². The van der Waals surface area contributed by atoms with Crippen LogP contribution in [-0.2, 0) is 11.3 Å². The van der Waals surface area contributed by atoms with E-state index in [0.29, 0.717) is 29.4 Å². The number of ether oxygens (including phenoxy) is 1. The molecule has 3 aromatic rings. The molecule has 11 heteroatoms. The standard InChI is InChI=1S/C20H18FN7O3/c21-7-14(8-22)10-28-20(30)27(12-24-28)17-3-1-2-15(25-17)5-4-13-6-16-19(23-9-13)31-11-18(29)26-16/h1-7,9,12H,8,10-11,22H2,(H,26,29)/b5-4+,14-7+. The average Bonchev–Trinajstić information content (AvgIpc) is 3.15. The Kier molecular flexibility index (Phi) is 5.67. The van der Waals surface area contributed by atoms with E-state index in [2.05, 4.69) is 20.4 Å². The Bertz CT molecular complexity index is 1250. The summed E-state index contributed by atoms with van der Waals surface area (Å²) in [4.78, 5) is 32.6. The lowest BCUT2D eigenvalue weighted by atomic mass is 10.2. The summed E-state index contributed by atoms with van der Waals surface area (Å²) in [7, 11) is 0. The van der Waals surface area contributed by atoms with Crippen molar-refractivity contribution in [2.45, 2.75) is 6.54 Å². The molecule has 0 atom stereocenters. The summed E-state index contributed by atoms with van der Waals surface area (Å²) in [6.07, 6.45) is 6.82. The summed E-state index contributed by atoms with van der Waals surface area (Å²) in [6, 6.07) is 6.91. The Morgan fingerprint density at radius 1 is 1.32 bits per heavy atom. The molecule has 0 unspecified atom stereocenters. The molecule has 1 aliphatic heterocycles. The van der Waals surface area contributed by atoms with E-state index in [0.717, 1.165) is 10.2 Å². The van der Waals surface area contributed by atoms with Gasteiger partial charge in [-0.25, -0.2) is 28.4 Å². The Balaban J connectivity index is 1.56. The van der Waals surface area contributed by atoms with Crippen LogP contribution in [0, 0.1) is 0 Å². The van der Waals surface area contributed by atoms with Gasteiger partial charge in [0.2, 0.25) is 5.88 Å². The summed E-state index contributed by atoms with van der Waals surface area (Å²) in [5.74, 6) is 0.492. The van der Waals surface area contributed by atoms with Gasteiger partial charge in [-0.1, -0.05) is 12.1 Å². The van der Waals surface area contributed by atoms with E-state index in [1.807, 2.05) is 0 Å². The maximum absolute atomic E-state index is 12.8. The molecule has 4 heterocycles. The van der Waals surface area contributed by atoms with Gasteiger partial charge in [0, 0.05) is 12.7 Å². The number of anilines is 1. The van der Waals surface area contributed by atoms with Gasteiger partial charge < -0.3 is 15.8 Å². The van der Waals surface area contributed by atoms with Crippen molar-refractivity contribution in [3.8, 4) is 11.7 Å². The SMILES string of the molecule is NC/C(=C\F)Cn1ncn(-c2cccc(/C=C/c3cnc4c(c3)NC(=O)CO4)n2)c1=O. The largest absolute Gasteiger partial charge is 0.466 e. The lowest BCUT2D eigenvalue weighted by Gasteiger charge is -2.16. The highest BCUT2D eigenvalue weighted by Crippen LogP contribution is 2.26. The van der Waals surface area contributed by atoms with Gasteiger partial charge in [0.15, 0.2) is 6.61 Å². The van der Waals surface area contributed by atoms with Crippen molar-refractivity contribution in [1.29, 1.82) is 0 Å². The quantitative estimate of drug-likeness (QED) is 0.608. The number of carbonyl (C=O) groups excluding carboxylic acids is 1. The Morgan fingerprint density at radius 2 is 2.19 bits per heavy atom. The number of hydrogen-bond donors (Lipinski definition) is 2. The van der Waals surface area contributed by atoms with Crippen LogP contribution in [0.1, 0.15) is 11.3 Å². The second kappa shape index (κ2) is 8.71. The summed E-state index contributed by atoms with van der Waals surface area (Å²) >= 11 is 0. The maximum atomic E-state index is 12.8. The Hall–Kier alpha value is -4.12. The van der Waals surface area contributed by atoms with Crippen molar-refractivity contribution in [2.75, 3.05) is 18.5 Å². The first-order chi connectivity index (χ1) is 15.1. The number of carbonyl (C=O) groups is 1. The molecule has 158 valence electrons. The zero-order chi connectivity index (χ0) is 21.8. The van der Waals surface area contributed by atoms with Crippen LogP contribution < -0.4 is 21.5 Å². The molecule has 0 fully saturated rings. The predicted molar refractivity (Wildman–Crippen MR) is 111 cm³/mol. The van der Waals surface area contributed by atoms with Gasteiger partial charge in [-0.3, -0.25) is 4.79 Å². The summed E-state index contributed by atoms with van der Waals surface area (Å²) < 4.78 is 20.4. The number of fused-ring (bicyclic) bond motifs is 1. The van der Waals surface area contributed by atoms with Crippen LogP contribution in [0.15, 0.2) is 53.5 Å². The minimum atomic E-state index is -0.462. The van der Waals surface area contributed by atoms with E-state index in [1.54, 1.807) is 42.6 Å². The predicted octanol–water partition coefficient (Wildman–Crippen LogP) is 1.14. The van der Waals surface area contributed by atoms with E-state index >= 15 is 0 Å². The van der Waals surface area contributed by atoms with E-state index in [-0.39, 0.29) is 31.2 Å². The molecule has 4 rings (SSSR count). The van der Waals surface area contributed by atoms with Crippen molar-refractivity contribution in [2.24, 2.45) is 5.73 Å². The number of nitrogens with one attached hydrogen (secondary N) is 1. The van der Waals surface area contributed by atoms with Crippen molar-refractivity contribution >= 4 is 23.7 Å². The zero-order valence-corrected chi connectivity index (χ0v) is 16.2. The minimum absolute atomic E-state index is 0.0122. The van der Waals surface area contributed by atoms with Gasteiger partial charge >= 0.3 is 5.69 Å². The molecule has 10 nitrogen and oxygen atoms in total. The highest BCUT2D eigenvalue weighted by atomic mass is 19.1. The maximum Gasteiger partial charge on any atom is 0.351 e. The molecule has 31 heavy (non-hydrogen) atoms. The van der Waals surface area contributed by atoms with Crippen molar-refractivity contribution < 1.29 is 13.9 Å². The second-order valence-corrected chi connectivity index (χ2v) is 6.62. The van der Waals surface area contributed by atoms with Crippen LogP contribution in [-0.4, -0.2) is 43.4 Å². The number of amides is 1. The minimum Gasteiger partial charge on any atom is -0.466 e. The molecule has 0 bridgehead atoms. The number of nitrogens with two attached hydrogens (primary N) is 1. The molecule has 1 amide bonds. The first-order valence-corrected chi connectivity index (χ1v) is 9.28. The van der Waals surface area contributed by atoms with E-state index in [9.17, 15) is 14.0 Å². The van der Waals surface area contributed by atoms with Gasteiger partial charge in [-0.2, -0.15) is 5.10 Å². The molecule has 3 aromatic heterocycles. The van der Waals surface area contributed by atoms with Gasteiger partial charge in [-0.15, -0.1) is 0 Å². The first kappa shape index (κ1) is 20.2.